The fraction of sp³-hybridized carbons (Fsp3) is 0.750. The molecule has 0 radical (unpaired) electrons. The molecule has 13 heteroatoms. The van der Waals surface area contributed by atoms with Crippen LogP contribution < -0.4 is 11.3 Å². The van der Waals surface area contributed by atoms with E-state index in [0.29, 0.717) is 12.2 Å². The van der Waals surface area contributed by atoms with E-state index in [4.69, 9.17) is 15.0 Å². The van der Waals surface area contributed by atoms with Gasteiger partial charge in [0.25, 0.3) is 5.56 Å². The molecule has 0 fully saturated rings. The monoisotopic (exact) mass is 627 g/mol. The minimum Gasteiger partial charge on any atom is -0.369 e. The number of anilines is 1. The molecular formula is C28H50N5O5PSSi. The lowest BCUT2D eigenvalue weighted by Crippen LogP contribution is -2.16. The summed E-state index contributed by atoms with van der Waals surface area (Å²) in [5, 5.41) is 0. The van der Waals surface area contributed by atoms with Crippen molar-refractivity contribution in [2.24, 2.45) is 0 Å². The van der Waals surface area contributed by atoms with Crippen molar-refractivity contribution in [3.63, 3.8) is 0 Å². The number of nitrogens with zero attached hydrogens (tertiary/aromatic N) is 3. The largest absolute Gasteiger partial charge is 0.369 e. The molecular weight excluding hydrogens is 577 g/mol. The Labute approximate surface area is 250 Å². The SMILES string of the molecule is C[Si](C)(C)C#CCCCCCCCCCCCCSCCCOP(=O)(O)COCCn1cnc2c(=O)[nH]c(N)nc21. The lowest BCUT2D eigenvalue weighted by molar-refractivity contribution is 0.138. The number of imidazole rings is 1. The van der Waals surface area contributed by atoms with Gasteiger partial charge in [-0.1, -0.05) is 71.0 Å². The minimum atomic E-state index is -3.81. The third-order valence-corrected chi connectivity index (χ3v) is 9.43. The van der Waals surface area contributed by atoms with E-state index in [9.17, 15) is 14.3 Å². The molecule has 41 heavy (non-hydrogen) atoms. The Morgan fingerprint density at radius 3 is 2.34 bits per heavy atom. The molecule has 0 saturated carbocycles. The average molecular weight is 628 g/mol. The van der Waals surface area contributed by atoms with Crippen LogP contribution >= 0.6 is 19.4 Å². The van der Waals surface area contributed by atoms with Gasteiger partial charge in [-0.3, -0.25) is 14.3 Å². The zero-order chi connectivity index (χ0) is 30.0. The molecule has 2 aromatic rings. The number of aromatic amines is 1. The second-order valence-corrected chi connectivity index (χ2v) is 19.1. The standard InChI is InChI=1S/C28H50N5O5PSSi/c1-41(2,3)22-15-13-11-9-7-5-4-6-8-10-12-14-20-40-21-16-18-38-39(35,36)24-37-19-17-33-23-30-25-26(33)31-28(29)32-27(25)34/h23H,4-14,16-21,24H2,1-3H3,(H,35,36)(H3,29,31,32,34). The Morgan fingerprint density at radius 1 is 1.02 bits per heavy atom. The summed E-state index contributed by atoms with van der Waals surface area (Å²) in [7, 11) is -5.00. The molecule has 2 aromatic heterocycles. The van der Waals surface area contributed by atoms with Gasteiger partial charge >= 0.3 is 7.60 Å². The number of nitrogens with one attached hydrogen (secondary N) is 1. The number of aromatic nitrogens is 4. The molecule has 0 aromatic carbocycles. The maximum Gasteiger partial charge on any atom is 0.353 e. The van der Waals surface area contributed by atoms with E-state index < -0.39 is 27.6 Å². The molecule has 0 aliphatic carbocycles. The number of rotatable bonds is 22. The van der Waals surface area contributed by atoms with Crippen molar-refractivity contribution in [1.82, 2.24) is 19.5 Å². The van der Waals surface area contributed by atoms with Gasteiger partial charge in [0.2, 0.25) is 5.95 Å². The van der Waals surface area contributed by atoms with Gasteiger partial charge in [-0.25, -0.2) is 4.98 Å². The Bertz CT molecular complexity index is 1190. The molecule has 0 saturated heterocycles. The fourth-order valence-corrected chi connectivity index (χ4v) is 6.58. The first-order valence-corrected chi connectivity index (χ1v) is 21.3. The summed E-state index contributed by atoms with van der Waals surface area (Å²) in [5.41, 5.74) is 9.13. The van der Waals surface area contributed by atoms with E-state index in [1.165, 1.54) is 70.5 Å². The van der Waals surface area contributed by atoms with Crippen LogP contribution in [-0.2, 0) is 20.4 Å². The number of hydrogen-bond acceptors (Lipinski definition) is 8. The first-order valence-electron chi connectivity index (χ1n) is 14.9. The van der Waals surface area contributed by atoms with E-state index in [1.807, 2.05) is 11.8 Å². The van der Waals surface area contributed by atoms with Crippen molar-refractivity contribution in [3.8, 4) is 11.5 Å². The van der Waals surface area contributed by atoms with Gasteiger partial charge in [-0.15, -0.1) is 11.5 Å². The van der Waals surface area contributed by atoms with E-state index in [2.05, 4.69) is 46.1 Å². The molecule has 1 unspecified atom stereocenters. The van der Waals surface area contributed by atoms with Crippen LogP contribution in [0.25, 0.3) is 11.2 Å². The van der Waals surface area contributed by atoms with Crippen molar-refractivity contribution < 1.29 is 18.7 Å². The van der Waals surface area contributed by atoms with Crippen molar-refractivity contribution in [2.75, 3.05) is 36.8 Å². The number of nitrogens with two attached hydrogens (primary N) is 1. The number of unbranched alkanes of at least 4 members (excludes halogenated alkanes) is 10. The van der Waals surface area contributed by atoms with Gasteiger partial charge in [-0.05, 0) is 30.8 Å². The van der Waals surface area contributed by atoms with Crippen LogP contribution in [0.2, 0.25) is 19.6 Å². The Morgan fingerprint density at radius 2 is 1.66 bits per heavy atom. The highest BCUT2D eigenvalue weighted by Crippen LogP contribution is 2.41. The summed E-state index contributed by atoms with van der Waals surface area (Å²) in [6.45, 7) is 7.57. The van der Waals surface area contributed by atoms with E-state index in [1.54, 1.807) is 4.57 Å². The lowest BCUT2D eigenvalue weighted by atomic mass is 10.1. The van der Waals surface area contributed by atoms with Crippen molar-refractivity contribution in [2.45, 2.75) is 103 Å². The number of fused-ring (bicyclic) bond motifs is 1. The highest BCUT2D eigenvalue weighted by atomic mass is 32.2. The average Bonchev–Trinajstić information content (AvgIpc) is 3.30. The Kier molecular flexibility index (Phi) is 17.0. The van der Waals surface area contributed by atoms with Crippen LogP contribution in [0.5, 0.6) is 0 Å². The van der Waals surface area contributed by atoms with Gasteiger partial charge in [0.05, 0.1) is 19.5 Å². The number of nitrogen functional groups attached to an aromatic ring is 1. The molecule has 4 N–H and O–H groups in total. The van der Waals surface area contributed by atoms with Crippen LogP contribution in [0.1, 0.15) is 77.0 Å². The summed E-state index contributed by atoms with van der Waals surface area (Å²) < 4.78 is 24.3. The van der Waals surface area contributed by atoms with Crippen molar-refractivity contribution in [3.05, 3.63) is 16.7 Å². The van der Waals surface area contributed by atoms with Gasteiger partial charge in [0, 0.05) is 13.0 Å². The summed E-state index contributed by atoms with van der Waals surface area (Å²) in [6.07, 6.45) is 16.0. The van der Waals surface area contributed by atoms with Gasteiger partial charge in [-0.2, -0.15) is 16.7 Å². The number of thioether (sulfide) groups is 1. The minimum absolute atomic E-state index is 0.00134. The van der Waals surface area contributed by atoms with Crippen LogP contribution in [0.15, 0.2) is 11.1 Å². The maximum absolute atomic E-state index is 12.2. The Hall–Kier alpha value is -1.61. The molecule has 0 spiro atoms. The molecule has 0 aliphatic heterocycles. The number of ether oxygens (including phenoxy) is 1. The molecule has 0 bridgehead atoms. The van der Waals surface area contributed by atoms with E-state index in [0.717, 1.165) is 24.3 Å². The van der Waals surface area contributed by atoms with Crippen LogP contribution in [-0.4, -0.2) is 63.6 Å². The first kappa shape index (κ1) is 35.6. The zero-order valence-electron chi connectivity index (χ0n) is 25.2. The molecule has 0 aliphatic rings. The Balaban J connectivity index is 1.36. The van der Waals surface area contributed by atoms with Gasteiger partial charge in [0.15, 0.2) is 11.2 Å². The van der Waals surface area contributed by atoms with E-state index in [-0.39, 0.29) is 24.7 Å². The summed E-state index contributed by atoms with van der Waals surface area (Å²) >= 11 is 1.87. The highest BCUT2D eigenvalue weighted by Gasteiger charge is 2.19. The predicted molar refractivity (Wildman–Crippen MR) is 173 cm³/mol. The first-order chi connectivity index (χ1) is 19.6. The van der Waals surface area contributed by atoms with E-state index >= 15 is 0 Å². The predicted octanol–water partition coefficient (Wildman–Crippen LogP) is 6.17. The molecule has 232 valence electrons. The fourth-order valence-electron chi connectivity index (χ4n) is 4.14. The maximum atomic E-state index is 12.2. The highest BCUT2D eigenvalue weighted by molar-refractivity contribution is 7.99. The molecule has 10 nitrogen and oxygen atoms in total. The number of hydrogen-bond donors (Lipinski definition) is 3. The van der Waals surface area contributed by atoms with Crippen molar-refractivity contribution >= 4 is 44.5 Å². The van der Waals surface area contributed by atoms with Crippen molar-refractivity contribution in [1.29, 1.82) is 0 Å². The molecule has 0 amide bonds. The molecule has 2 rings (SSSR count). The lowest BCUT2D eigenvalue weighted by Gasteiger charge is -2.13. The summed E-state index contributed by atoms with van der Waals surface area (Å²) in [5.74, 6) is 5.39. The van der Waals surface area contributed by atoms with Gasteiger partial charge in [0.1, 0.15) is 14.4 Å². The summed E-state index contributed by atoms with van der Waals surface area (Å²) in [6, 6.07) is 0. The third kappa shape index (κ3) is 16.6. The topological polar surface area (TPSA) is 145 Å². The smallest absolute Gasteiger partial charge is 0.353 e. The summed E-state index contributed by atoms with van der Waals surface area (Å²) in [4.78, 5) is 32.3. The number of H-pyrrole nitrogens is 1. The quantitative estimate of drug-likeness (QED) is 0.0603. The molecule has 2 heterocycles. The zero-order valence-corrected chi connectivity index (χ0v) is 27.9. The van der Waals surface area contributed by atoms with Crippen LogP contribution in [0, 0.1) is 11.5 Å². The van der Waals surface area contributed by atoms with Gasteiger partial charge < -0.3 is 24.5 Å². The van der Waals surface area contributed by atoms with Crippen LogP contribution in [0.3, 0.4) is 0 Å². The normalized spacial score (nSPS) is 13.3. The molecule has 1 atom stereocenters. The second kappa shape index (κ2) is 19.6. The second-order valence-electron chi connectivity index (χ2n) is 11.4. The van der Waals surface area contributed by atoms with Crippen LogP contribution in [0.4, 0.5) is 5.95 Å². The third-order valence-electron chi connectivity index (χ3n) is 6.25.